The molecule has 1 aliphatic heterocycles. The molecule has 0 radical (unpaired) electrons. The van der Waals surface area contributed by atoms with Crippen molar-refractivity contribution < 1.29 is 14.0 Å². The Bertz CT molecular complexity index is 1780. The second kappa shape index (κ2) is 11.0. The number of furan rings is 1. The van der Waals surface area contributed by atoms with Crippen LogP contribution in [-0.4, -0.2) is 27.3 Å². The SMILES string of the molecule is CCC(C)C(C(=O)NCc1ccc(C)o1)N1C(=O)c2ccccc2C1c1c(-c2ccc(C)cc2)n(C)c2ccccc12. The standard InChI is InChI=1S/C36H37N3O3/c1-6-23(3)32(35(40)37-21-26-20-17-24(4)42-26)39-34(27-11-7-8-12-28(27)36(39)41)31-29-13-9-10-14-30(29)38(5)33(31)25-18-15-22(2)16-19-25/h7-20,23,32,34H,6,21H2,1-5H3,(H,37,40). The van der Waals surface area contributed by atoms with E-state index in [1.54, 1.807) is 0 Å². The fourth-order valence-corrected chi connectivity index (χ4v) is 6.42. The number of benzene rings is 3. The lowest BCUT2D eigenvalue weighted by molar-refractivity contribution is -0.128. The first-order valence-corrected chi connectivity index (χ1v) is 14.7. The highest BCUT2D eigenvalue weighted by Gasteiger charge is 2.47. The molecular formula is C36H37N3O3. The highest BCUT2D eigenvalue weighted by Crippen LogP contribution is 2.48. The number of para-hydroxylation sites is 1. The fourth-order valence-electron chi connectivity index (χ4n) is 6.42. The number of hydrogen-bond donors (Lipinski definition) is 1. The minimum Gasteiger partial charge on any atom is -0.465 e. The van der Waals surface area contributed by atoms with Gasteiger partial charge in [-0.25, -0.2) is 0 Å². The van der Waals surface area contributed by atoms with Crippen LogP contribution in [-0.2, 0) is 18.4 Å². The normalized spacial score (nSPS) is 16.1. The number of aromatic nitrogens is 1. The van der Waals surface area contributed by atoms with Gasteiger partial charge in [0.05, 0.1) is 18.3 Å². The zero-order valence-electron chi connectivity index (χ0n) is 24.8. The van der Waals surface area contributed by atoms with Crippen molar-refractivity contribution in [1.29, 1.82) is 0 Å². The minimum absolute atomic E-state index is 0.0816. The van der Waals surface area contributed by atoms with E-state index in [9.17, 15) is 9.59 Å². The highest BCUT2D eigenvalue weighted by molar-refractivity contribution is 6.04. The van der Waals surface area contributed by atoms with Crippen molar-refractivity contribution in [2.45, 2.75) is 52.7 Å². The van der Waals surface area contributed by atoms with Gasteiger partial charge in [0, 0.05) is 29.1 Å². The minimum atomic E-state index is -0.680. The Kier molecular flexibility index (Phi) is 7.23. The van der Waals surface area contributed by atoms with Crippen LogP contribution in [0, 0.1) is 19.8 Å². The summed E-state index contributed by atoms with van der Waals surface area (Å²) in [6, 6.07) is 27.3. The topological polar surface area (TPSA) is 67.5 Å². The van der Waals surface area contributed by atoms with E-state index >= 15 is 0 Å². The first kappa shape index (κ1) is 27.6. The molecule has 2 aromatic heterocycles. The number of nitrogens with zero attached hydrogens (tertiary/aromatic N) is 2. The Labute approximate surface area is 247 Å². The Morgan fingerprint density at radius 1 is 0.952 bits per heavy atom. The Balaban J connectivity index is 1.55. The molecule has 6 rings (SSSR count). The van der Waals surface area contributed by atoms with Crippen LogP contribution in [0.2, 0.25) is 0 Å². The first-order valence-electron chi connectivity index (χ1n) is 14.7. The van der Waals surface area contributed by atoms with Crippen LogP contribution in [0.4, 0.5) is 0 Å². The van der Waals surface area contributed by atoms with Crippen molar-refractivity contribution in [3.05, 3.63) is 119 Å². The maximum absolute atomic E-state index is 14.4. The third kappa shape index (κ3) is 4.61. The van der Waals surface area contributed by atoms with Gasteiger partial charge < -0.3 is 19.2 Å². The quantitative estimate of drug-likeness (QED) is 0.216. The molecule has 3 atom stereocenters. The first-order chi connectivity index (χ1) is 20.3. The molecule has 5 aromatic rings. The maximum atomic E-state index is 14.4. The highest BCUT2D eigenvalue weighted by atomic mass is 16.3. The van der Waals surface area contributed by atoms with Crippen LogP contribution >= 0.6 is 0 Å². The lowest BCUT2D eigenvalue weighted by Crippen LogP contribution is -2.51. The number of aryl methyl sites for hydroxylation is 3. The molecule has 0 bridgehead atoms. The number of amides is 2. The second-order valence-electron chi connectivity index (χ2n) is 11.5. The van der Waals surface area contributed by atoms with E-state index in [0.717, 1.165) is 45.5 Å². The molecule has 6 heteroatoms. The molecule has 0 saturated carbocycles. The van der Waals surface area contributed by atoms with E-state index in [1.165, 1.54) is 5.56 Å². The molecule has 42 heavy (non-hydrogen) atoms. The van der Waals surface area contributed by atoms with Crippen molar-refractivity contribution >= 4 is 22.7 Å². The molecule has 1 N–H and O–H groups in total. The van der Waals surface area contributed by atoms with Crippen LogP contribution in [0.3, 0.4) is 0 Å². The van der Waals surface area contributed by atoms with Crippen molar-refractivity contribution in [1.82, 2.24) is 14.8 Å². The third-order valence-electron chi connectivity index (χ3n) is 8.73. The van der Waals surface area contributed by atoms with Crippen LogP contribution in [0.25, 0.3) is 22.2 Å². The second-order valence-corrected chi connectivity index (χ2v) is 11.5. The molecule has 0 fully saturated rings. The van der Waals surface area contributed by atoms with Crippen molar-refractivity contribution in [2.75, 3.05) is 0 Å². The molecule has 6 nitrogen and oxygen atoms in total. The summed E-state index contributed by atoms with van der Waals surface area (Å²) in [5, 5.41) is 4.16. The van der Waals surface area contributed by atoms with Gasteiger partial charge in [-0.1, -0.05) is 86.5 Å². The van der Waals surface area contributed by atoms with E-state index in [2.05, 4.69) is 74.1 Å². The van der Waals surface area contributed by atoms with Gasteiger partial charge in [0.25, 0.3) is 5.91 Å². The largest absolute Gasteiger partial charge is 0.465 e. The van der Waals surface area contributed by atoms with Gasteiger partial charge in [-0.3, -0.25) is 9.59 Å². The zero-order chi connectivity index (χ0) is 29.5. The van der Waals surface area contributed by atoms with Crippen LogP contribution in [0.15, 0.2) is 89.3 Å². The van der Waals surface area contributed by atoms with E-state index < -0.39 is 12.1 Å². The Hall–Kier alpha value is -4.58. The van der Waals surface area contributed by atoms with Gasteiger partial charge in [-0.2, -0.15) is 0 Å². The molecule has 0 aliphatic carbocycles. The number of hydrogen-bond acceptors (Lipinski definition) is 3. The van der Waals surface area contributed by atoms with Gasteiger partial charge in [0.1, 0.15) is 17.6 Å². The summed E-state index contributed by atoms with van der Waals surface area (Å²) in [5.74, 6) is 1.10. The van der Waals surface area contributed by atoms with Gasteiger partial charge in [-0.15, -0.1) is 0 Å². The van der Waals surface area contributed by atoms with Gasteiger partial charge >= 0.3 is 0 Å². The molecule has 2 amide bonds. The monoisotopic (exact) mass is 559 g/mol. The van der Waals surface area contributed by atoms with E-state index in [1.807, 2.05) is 60.4 Å². The smallest absolute Gasteiger partial charge is 0.255 e. The van der Waals surface area contributed by atoms with E-state index in [0.29, 0.717) is 11.3 Å². The average molecular weight is 560 g/mol. The van der Waals surface area contributed by atoms with Gasteiger partial charge in [0.2, 0.25) is 5.91 Å². The van der Waals surface area contributed by atoms with Crippen LogP contribution in [0.1, 0.15) is 64.9 Å². The number of carbonyl (C=O) groups excluding carboxylic acids is 2. The summed E-state index contributed by atoms with van der Waals surface area (Å²) in [7, 11) is 2.08. The summed E-state index contributed by atoms with van der Waals surface area (Å²) in [5.41, 5.74) is 7.00. The number of fused-ring (bicyclic) bond motifs is 2. The number of carbonyl (C=O) groups is 2. The van der Waals surface area contributed by atoms with Crippen molar-refractivity contribution in [3.63, 3.8) is 0 Å². The summed E-state index contributed by atoms with van der Waals surface area (Å²) in [6.07, 6.45) is 0.741. The molecular weight excluding hydrogens is 522 g/mol. The zero-order valence-corrected chi connectivity index (χ0v) is 24.8. The molecule has 3 heterocycles. The molecule has 1 aliphatic rings. The lowest BCUT2D eigenvalue weighted by atomic mass is 9.90. The molecule has 214 valence electrons. The summed E-state index contributed by atoms with van der Waals surface area (Å²) < 4.78 is 7.93. The van der Waals surface area contributed by atoms with Gasteiger partial charge in [-0.05, 0) is 55.2 Å². The molecule has 3 aromatic carbocycles. The average Bonchev–Trinajstić information content (AvgIpc) is 3.64. The predicted molar refractivity (Wildman–Crippen MR) is 166 cm³/mol. The Morgan fingerprint density at radius 3 is 2.38 bits per heavy atom. The number of rotatable bonds is 8. The molecule has 0 saturated heterocycles. The molecule has 0 spiro atoms. The maximum Gasteiger partial charge on any atom is 0.255 e. The third-order valence-corrected chi connectivity index (χ3v) is 8.73. The Morgan fingerprint density at radius 2 is 1.67 bits per heavy atom. The lowest BCUT2D eigenvalue weighted by Gasteiger charge is -2.36. The molecule has 3 unspecified atom stereocenters. The summed E-state index contributed by atoms with van der Waals surface area (Å²) >= 11 is 0. The van der Waals surface area contributed by atoms with Gasteiger partial charge in [0.15, 0.2) is 0 Å². The predicted octanol–water partition coefficient (Wildman–Crippen LogP) is 7.33. The van der Waals surface area contributed by atoms with E-state index in [-0.39, 0.29) is 24.3 Å². The fraction of sp³-hybridized carbons (Fsp3) is 0.278. The van der Waals surface area contributed by atoms with Crippen LogP contribution in [0.5, 0.6) is 0 Å². The van der Waals surface area contributed by atoms with Crippen molar-refractivity contribution in [2.24, 2.45) is 13.0 Å². The van der Waals surface area contributed by atoms with Crippen LogP contribution < -0.4 is 5.32 Å². The summed E-state index contributed by atoms with van der Waals surface area (Å²) in [6.45, 7) is 8.35. The summed E-state index contributed by atoms with van der Waals surface area (Å²) in [4.78, 5) is 30.3. The van der Waals surface area contributed by atoms with Crippen molar-refractivity contribution in [3.8, 4) is 11.3 Å². The van der Waals surface area contributed by atoms with E-state index in [4.69, 9.17) is 4.42 Å². The number of nitrogens with one attached hydrogen (secondary N) is 1.